The molecule has 0 amide bonds. The molecule has 0 bridgehead atoms. The number of ketones is 1. The first-order valence-corrected chi connectivity index (χ1v) is 7.07. The molecule has 1 heterocycles. The SMILES string of the molecule is CCc1c(CCN)sc(C(=O)C(C)(C)C)c1Cl. The summed E-state index contributed by atoms with van der Waals surface area (Å²) >= 11 is 7.82. The second-order valence-corrected chi connectivity index (χ2v) is 6.60. The van der Waals surface area contributed by atoms with Gasteiger partial charge in [0, 0.05) is 10.3 Å². The highest BCUT2D eigenvalue weighted by Crippen LogP contribution is 2.37. The van der Waals surface area contributed by atoms with Crippen LogP contribution in [0.25, 0.3) is 0 Å². The number of thiophene rings is 1. The summed E-state index contributed by atoms with van der Waals surface area (Å²) in [5.74, 6) is 0.116. The molecule has 0 atom stereocenters. The topological polar surface area (TPSA) is 43.1 Å². The Morgan fingerprint density at radius 2 is 2.00 bits per heavy atom. The second-order valence-electron chi connectivity index (χ2n) is 5.12. The standard InChI is InChI=1S/C13H20ClNOS/c1-5-8-9(6-7-15)17-11(10(8)14)12(16)13(2,3)4/h5-7,15H2,1-4H3. The maximum atomic E-state index is 12.3. The molecular formula is C13H20ClNOS. The van der Waals surface area contributed by atoms with Crippen LogP contribution in [0.4, 0.5) is 0 Å². The number of carbonyl (C=O) groups is 1. The van der Waals surface area contributed by atoms with E-state index in [2.05, 4.69) is 6.92 Å². The molecule has 0 saturated heterocycles. The fourth-order valence-corrected chi connectivity index (χ4v) is 3.61. The zero-order chi connectivity index (χ0) is 13.2. The van der Waals surface area contributed by atoms with E-state index in [0.29, 0.717) is 16.4 Å². The van der Waals surface area contributed by atoms with E-state index in [1.54, 1.807) is 0 Å². The van der Waals surface area contributed by atoms with Crippen LogP contribution in [0.5, 0.6) is 0 Å². The lowest BCUT2D eigenvalue weighted by atomic mass is 9.89. The van der Waals surface area contributed by atoms with Crippen LogP contribution in [-0.4, -0.2) is 12.3 Å². The average Bonchev–Trinajstić information content (AvgIpc) is 2.53. The highest BCUT2D eigenvalue weighted by atomic mass is 35.5. The predicted molar refractivity (Wildman–Crippen MR) is 75.3 cm³/mol. The lowest BCUT2D eigenvalue weighted by molar-refractivity contribution is 0.0863. The summed E-state index contributed by atoms with van der Waals surface area (Å²) in [4.78, 5) is 14.1. The Balaban J connectivity index is 3.23. The van der Waals surface area contributed by atoms with Crippen LogP contribution in [-0.2, 0) is 12.8 Å². The predicted octanol–water partition coefficient (Wildman–Crippen LogP) is 3.69. The molecule has 0 spiro atoms. The zero-order valence-electron chi connectivity index (χ0n) is 10.9. The average molecular weight is 274 g/mol. The van der Waals surface area contributed by atoms with Gasteiger partial charge >= 0.3 is 0 Å². The van der Waals surface area contributed by atoms with Crippen molar-refractivity contribution >= 4 is 28.7 Å². The summed E-state index contributed by atoms with van der Waals surface area (Å²) in [6, 6.07) is 0. The molecule has 1 rings (SSSR count). The fourth-order valence-electron chi connectivity index (χ4n) is 1.66. The Hall–Kier alpha value is -0.380. The number of rotatable bonds is 4. The van der Waals surface area contributed by atoms with Gasteiger partial charge in [-0.15, -0.1) is 11.3 Å². The summed E-state index contributed by atoms with van der Waals surface area (Å²) in [5, 5.41) is 0.640. The number of Topliss-reactive ketones (excluding diaryl/α,β-unsaturated/α-hetero) is 1. The molecule has 0 fully saturated rings. The van der Waals surface area contributed by atoms with Gasteiger partial charge in [0.05, 0.1) is 9.90 Å². The number of carbonyl (C=O) groups excluding carboxylic acids is 1. The van der Waals surface area contributed by atoms with E-state index in [4.69, 9.17) is 17.3 Å². The van der Waals surface area contributed by atoms with Crippen molar-refractivity contribution in [2.24, 2.45) is 11.1 Å². The van der Waals surface area contributed by atoms with E-state index < -0.39 is 0 Å². The van der Waals surface area contributed by atoms with Crippen LogP contribution in [0.1, 0.15) is 47.8 Å². The van der Waals surface area contributed by atoms with Gasteiger partial charge in [-0.2, -0.15) is 0 Å². The molecule has 0 aromatic carbocycles. The van der Waals surface area contributed by atoms with Gasteiger partial charge in [-0.1, -0.05) is 39.3 Å². The Labute approximate surface area is 112 Å². The van der Waals surface area contributed by atoms with Gasteiger partial charge in [0.2, 0.25) is 0 Å². The third-order valence-electron chi connectivity index (χ3n) is 2.64. The Morgan fingerprint density at radius 1 is 1.41 bits per heavy atom. The maximum absolute atomic E-state index is 12.3. The van der Waals surface area contributed by atoms with Crippen LogP contribution in [0.15, 0.2) is 0 Å². The van der Waals surface area contributed by atoms with Crippen molar-refractivity contribution in [3.8, 4) is 0 Å². The first-order valence-electron chi connectivity index (χ1n) is 5.87. The van der Waals surface area contributed by atoms with Crippen molar-refractivity contribution in [3.63, 3.8) is 0 Å². The molecule has 4 heteroatoms. The summed E-state index contributed by atoms with van der Waals surface area (Å²) in [6.07, 6.45) is 1.65. The lowest BCUT2D eigenvalue weighted by Gasteiger charge is -2.15. The van der Waals surface area contributed by atoms with Crippen molar-refractivity contribution in [1.29, 1.82) is 0 Å². The van der Waals surface area contributed by atoms with Crippen molar-refractivity contribution in [2.75, 3.05) is 6.54 Å². The van der Waals surface area contributed by atoms with Gasteiger partial charge in [-0.3, -0.25) is 4.79 Å². The molecule has 96 valence electrons. The monoisotopic (exact) mass is 273 g/mol. The van der Waals surface area contributed by atoms with E-state index in [-0.39, 0.29) is 11.2 Å². The fraction of sp³-hybridized carbons (Fsp3) is 0.615. The van der Waals surface area contributed by atoms with Crippen LogP contribution >= 0.6 is 22.9 Å². The van der Waals surface area contributed by atoms with Crippen LogP contribution in [0, 0.1) is 5.41 Å². The van der Waals surface area contributed by atoms with E-state index in [9.17, 15) is 4.79 Å². The van der Waals surface area contributed by atoms with E-state index in [1.807, 2.05) is 20.8 Å². The van der Waals surface area contributed by atoms with Gasteiger partial charge < -0.3 is 5.73 Å². The van der Waals surface area contributed by atoms with Gasteiger partial charge in [-0.05, 0) is 24.9 Å². The third kappa shape index (κ3) is 3.09. The van der Waals surface area contributed by atoms with Crippen LogP contribution < -0.4 is 5.73 Å². The first-order chi connectivity index (χ1) is 7.82. The quantitative estimate of drug-likeness (QED) is 0.850. The molecule has 0 aliphatic rings. The van der Waals surface area contributed by atoms with E-state index in [0.717, 1.165) is 23.3 Å². The largest absolute Gasteiger partial charge is 0.330 e. The summed E-state index contributed by atoms with van der Waals surface area (Å²) in [5.41, 5.74) is 6.29. The highest BCUT2D eigenvalue weighted by molar-refractivity contribution is 7.15. The third-order valence-corrected chi connectivity index (χ3v) is 4.46. The van der Waals surface area contributed by atoms with Crippen molar-refractivity contribution < 1.29 is 4.79 Å². The van der Waals surface area contributed by atoms with E-state index >= 15 is 0 Å². The molecule has 17 heavy (non-hydrogen) atoms. The van der Waals surface area contributed by atoms with Gasteiger partial charge in [0.15, 0.2) is 5.78 Å². The smallest absolute Gasteiger partial charge is 0.179 e. The Morgan fingerprint density at radius 3 is 2.41 bits per heavy atom. The molecule has 1 aromatic rings. The van der Waals surface area contributed by atoms with Crippen LogP contribution in [0.2, 0.25) is 5.02 Å². The van der Waals surface area contributed by atoms with Crippen molar-refractivity contribution in [2.45, 2.75) is 40.5 Å². The van der Waals surface area contributed by atoms with Gasteiger partial charge in [0.25, 0.3) is 0 Å². The highest BCUT2D eigenvalue weighted by Gasteiger charge is 2.28. The maximum Gasteiger partial charge on any atom is 0.179 e. The second kappa shape index (κ2) is 5.51. The Kier molecular flexibility index (Phi) is 4.76. The van der Waals surface area contributed by atoms with Gasteiger partial charge in [-0.25, -0.2) is 0 Å². The molecule has 0 aliphatic heterocycles. The minimum atomic E-state index is -0.389. The molecular weight excluding hydrogens is 254 g/mol. The molecule has 0 radical (unpaired) electrons. The summed E-state index contributed by atoms with van der Waals surface area (Å²) < 4.78 is 0. The first kappa shape index (κ1) is 14.7. The summed E-state index contributed by atoms with van der Waals surface area (Å²) in [7, 11) is 0. The number of nitrogens with two attached hydrogens (primary N) is 1. The van der Waals surface area contributed by atoms with Gasteiger partial charge in [0.1, 0.15) is 0 Å². The Bertz CT molecular complexity index is 418. The molecule has 1 aromatic heterocycles. The van der Waals surface area contributed by atoms with Crippen molar-refractivity contribution in [3.05, 3.63) is 20.3 Å². The van der Waals surface area contributed by atoms with Crippen molar-refractivity contribution in [1.82, 2.24) is 0 Å². The molecule has 2 N–H and O–H groups in total. The zero-order valence-corrected chi connectivity index (χ0v) is 12.5. The number of hydrogen-bond donors (Lipinski definition) is 1. The lowest BCUT2D eigenvalue weighted by Crippen LogP contribution is -2.19. The molecule has 0 aliphatic carbocycles. The molecule has 0 saturated carbocycles. The minimum absolute atomic E-state index is 0.116. The minimum Gasteiger partial charge on any atom is -0.330 e. The number of halogens is 1. The normalized spacial score (nSPS) is 11.9. The number of hydrogen-bond acceptors (Lipinski definition) is 3. The molecule has 2 nitrogen and oxygen atoms in total. The summed E-state index contributed by atoms with van der Waals surface area (Å²) in [6.45, 7) is 8.39. The van der Waals surface area contributed by atoms with Crippen LogP contribution in [0.3, 0.4) is 0 Å². The van der Waals surface area contributed by atoms with E-state index in [1.165, 1.54) is 11.3 Å². The molecule has 0 unspecified atom stereocenters.